The number of imidazole rings is 1. The summed E-state index contributed by atoms with van der Waals surface area (Å²) >= 11 is 6.98. The summed E-state index contributed by atoms with van der Waals surface area (Å²) in [6.07, 6.45) is 2.04. The first-order chi connectivity index (χ1) is 8.10. The van der Waals surface area contributed by atoms with E-state index in [0.29, 0.717) is 0 Å². The molecule has 0 fully saturated rings. The molecular formula is C12H13Br2N3. The van der Waals surface area contributed by atoms with Crippen molar-refractivity contribution in [3.63, 3.8) is 0 Å². The Morgan fingerprint density at radius 1 is 1.35 bits per heavy atom. The quantitative estimate of drug-likeness (QED) is 0.876. The first kappa shape index (κ1) is 12.6. The Labute approximate surface area is 118 Å². The van der Waals surface area contributed by atoms with E-state index in [1.165, 1.54) is 0 Å². The summed E-state index contributed by atoms with van der Waals surface area (Å²) in [6, 6.07) is 6.01. The maximum Gasteiger partial charge on any atom is 0.207 e. The molecule has 0 atom stereocenters. The molecular weight excluding hydrogens is 346 g/mol. The van der Waals surface area contributed by atoms with Crippen molar-refractivity contribution >= 4 is 43.5 Å². The second-order valence-corrected chi connectivity index (χ2v) is 5.51. The standard InChI is InChI=1S/C12H13Br2N3/c1-3-17-7-8(2)15-12(17)16-11-6-9(13)4-5-10(11)14/h4-7H,3H2,1-2H3,(H,15,16). The number of halogens is 2. The minimum atomic E-state index is 0.865. The third kappa shape index (κ3) is 2.90. The molecule has 0 spiro atoms. The van der Waals surface area contributed by atoms with E-state index < -0.39 is 0 Å². The van der Waals surface area contributed by atoms with Gasteiger partial charge in [0.05, 0.1) is 11.4 Å². The third-order valence-corrected chi connectivity index (χ3v) is 3.60. The van der Waals surface area contributed by atoms with Gasteiger partial charge >= 0.3 is 0 Å². The van der Waals surface area contributed by atoms with Gasteiger partial charge in [0.25, 0.3) is 0 Å². The van der Waals surface area contributed by atoms with Crippen LogP contribution in [0.5, 0.6) is 0 Å². The zero-order valence-corrected chi connectivity index (χ0v) is 12.8. The zero-order chi connectivity index (χ0) is 12.4. The van der Waals surface area contributed by atoms with Gasteiger partial charge < -0.3 is 9.88 Å². The first-order valence-corrected chi connectivity index (χ1v) is 6.94. The number of anilines is 2. The molecule has 2 rings (SSSR count). The number of aromatic nitrogens is 2. The monoisotopic (exact) mass is 357 g/mol. The van der Waals surface area contributed by atoms with E-state index in [4.69, 9.17) is 0 Å². The number of rotatable bonds is 3. The van der Waals surface area contributed by atoms with Gasteiger partial charge in [0.2, 0.25) is 5.95 Å². The minimum absolute atomic E-state index is 0.865. The lowest BCUT2D eigenvalue weighted by molar-refractivity contribution is 0.771. The Kier molecular flexibility index (Phi) is 3.89. The maximum absolute atomic E-state index is 4.46. The van der Waals surface area contributed by atoms with Crippen LogP contribution in [0.1, 0.15) is 12.6 Å². The molecule has 0 aliphatic rings. The second-order valence-electron chi connectivity index (χ2n) is 3.74. The second kappa shape index (κ2) is 5.23. The molecule has 1 aromatic heterocycles. The molecule has 0 saturated carbocycles. The summed E-state index contributed by atoms with van der Waals surface area (Å²) < 4.78 is 4.14. The summed E-state index contributed by atoms with van der Waals surface area (Å²) in [6.45, 7) is 4.99. The smallest absolute Gasteiger partial charge is 0.207 e. The molecule has 0 unspecified atom stereocenters. The van der Waals surface area contributed by atoms with Gasteiger partial charge in [-0.15, -0.1) is 0 Å². The van der Waals surface area contributed by atoms with E-state index in [-0.39, 0.29) is 0 Å². The van der Waals surface area contributed by atoms with E-state index in [1.807, 2.05) is 31.3 Å². The van der Waals surface area contributed by atoms with Crippen molar-refractivity contribution in [2.75, 3.05) is 5.32 Å². The molecule has 0 aliphatic heterocycles. The van der Waals surface area contributed by atoms with E-state index in [0.717, 1.165) is 32.8 Å². The van der Waals surface area contributed by atoms with Crippen LogP contribution >= 0.6 is 31.9 Å². The number of hydrogen-bond donors (Lipinski definition) is 1. The maximum atomic E-state index is 4.46. The van der Waals surface area contributed by atoms with Crippen molar-refractivity contribution in [3.05, 3.63) is 39.0 Å². The summed E-state index contributed by atoms with van der Waals surface area (Å²) in [4.78, 5) is 4.46. The zero-order valence-electron chi connectivity index (χ0n) is 9.67. The molecule has 0 radical (unpaired) electrons. The molecule has 5 heteroatoms. The van der Waals surface area contributed by atoms with Crippen molar-refractivity contribution < 1.29 is 0 Å². The normalized spacial score (nSPS) is 10.6. The van der Waals surface area contributed by atoms with Gasteiger partial charge in [-0.2, -0.15) is 0 Å². The fourth-order valence-corrected chi connectivity index (χ4v) is 2.31. The van der Waals surface area contributed by atoms with Crippen LogP contribution in [0.2, 0.25) is 0 Å². The number of aryl methyl sites for hydroxylation is 2. The van der Waals surface area contributed by atoms with Gasteiger partial charge in [-0.25, -0.2) is 4.98 Å². The Bertz CT molecular complexity index is 535. The molecule has 0 aliphatic carbocycles. The summed E-state index contributed by atoms with van der Waals surface area (Å²) in [5, 5.41) is 3.33. The molecule has 1 aromatic carbocycles. The van der Waals surface area contributed by atoms with Gasteiger partial charge in [0, 0.05) is 21.7 Å². The van der Waals surface area contributed by atoms with Crippen molar-refractivity contribution in [1.29, 1.82) is 0 Å². The fraction of sp³-hybridized carbons (Fsp3) is 0.250. The van der Waals surface area contributed by atoms with Crippen molar-refractivity contribution in [2.45, 2.75) is 20.4 Å². The topological polar surface area (TPSA) is 29.9 Å². The summed E-state index contributed by atoms with van der Waals surface area (Å²) in [5.74, 6) is 0.865. The molecule has 1 N–H and O–H groups in total. The Morgan fingerprint density at radius 3 is 2.82 bits per heavy atom. The lowest BCUT2D eigenvalue weighted by Crippen LogP contribution is -2.01. The Hall–Kier alpha value is -0.810. The van der Waals surface area contributed by atoms with Crippen LogP contribution in [0.4, 0.5) is 11.6 Å². The average molecular weight is 359 g/mol. The average Bonchev–Trinajstić information content (AvgIpc) is 2.64. The highest BCUT2D eigenvalue weighted by Crippen LogP contribution is 2.28. The fourth-order valence-electron chi connectivity index (χ4n) is 1.60. The van der Waals surface area contributed by atoms with E-state index in [9.17, 15) is 0 Å². The van der Waals surface area contributed by atoms with Gasteiger partial charge in [-0.1, -0.05) is 15.9 Å². The van der Waals surface area contributed by atoms with E-state index in [2.05, 4.69) is 53.7 Å². The van der Waals surface area contributed by atoms with Crippen LogP contribution in [-0.2, 0) is 6.54 Å². The Balaban J connectivity index is 2.33. The molecule has 0 saturated heterocycles. The van der Waals surface area contributed by atoms with Gasteiger partial charge in [0.1, 0.15) is 0 Å². The number of hydrogen-bond acceptors (Lipinski definition) is 2. The molecule has 2 aromatic rings. The highest BCUT2D eigenvalue weighted by atomic mass is 79.9. The highest BCUT2D eigenvalue weighted by Gasteiger charge is 2.07. The predicted octanol–water partition coefficient (Wildman–Crippen LogP) is 4.48. The molecule has 1 heterocycles. The summed E-state index contributed by atoms with van der Waals surface area (Å²) in [5.41, 5.74) is 2.01. The predicted molar refractivity (Wildman–Crippen MR) is 77.8 cm³/mol. The van der Waals surface area contributed by atoms with Gasteiger partial charge in [0.15, 0.2) is 0 Å². The van der Waals surface area contributed by atoms with Gasteiger partial charge in [-0.3, -0.25) is 0 Å². The highest BCUT2D eigenvalue weighted by molar-refractivity contribution is 9.11. The van der Waals surface area contributed by atoms with Crippen LogP contribution in [-0.4, -0.2) is 9.55 Å². The van der Waals surface area contributed by atoms with Gasteiger partial charge in [-0.05, 0) is 48.0 Å². The van der Waals surface area contributed by atoms with Crippen molar-refractivity contribution in [2.24, 2.45) is 0 Å². The number of benzene rings is 1. The minimum Gasteiger partial charge on any atom is -0.325 e. The molecule has 3 nitrogen and oxygen atoms in total. The molecule has 0 amide bonds. The molecule has 17 heavy (non-hydrogen) atoms. The van der Waals surface area contributed by atoms with Crippen molar-refractivity contribution in [1.82, 2.24) is 9.55 Å². The first-order valence-electron chi connectivity index (χ1n) is 5.36. The third-order valence-electron chi connectivity index (χ3n) is 2.41. The van der Waals surface area contributed by atoms with Crippen LogP contribution in [0, 0.1) is 6.92 Å². The van der Waals surface area contributed by atoms with Crippen LogP contribution < -0.4 is 5.32 Å². The molecule has 0 bridgehead atoms. The Morgan fingerprint density at radius 2 is 2.12 bits per heavy atom. The lowest BCUT2D eigenvalue weighted by Gasteiger charge is -2.09. The van der Waals surface area contributed by atoms with E-state index >= 15 is 0 Å². The number of nitrogens with zero attached hydrogens (tertiary/aromatic N) is 2. The lowest BCUT2D eigenvalue weighted by atomic mass is 10.3. The van der Waals surface area contributed by atoms with Crippen LogP contribution in [0.3, 0.4) is 0 Å². The van der Waals surface area contributed by atoms with Crippen LogP contribution in [0.25, 0.3) is 0 Å². The largest absolute Gasteiger partial charge is 0.325 e. The van der Waals surface area contributed by atoms with E-state index in [1.54, 1.807) is 0 Å². The number of nitrogens with one attached hydrogen (secondary N) is 1. The summed E-state index contributed by atoms with van der Waals surface area (Å²) in [7, 11) is 0. The SMILES string of the molecule is CCn1cc(C)nc1Nc1cc(Br)ccc1Br. The van der Waals surface area contributed by atoms with Crippen LogP contribution in [0.15, 0.2) is 33.3 Å². The van der Waals surface area contributed by atoms with Crippen molar-refractivity contribution in [3.8, 4) is 0 Å². The molecule has 90 valence electrons.